The van der Waals surface area contributed by atoms with Crippen LogP contribution in [0.15, 0.2) is 0 Å². The van der Waals surface area contributed by atoms with Crippen LogP contribution in [0.25, 0.3) is 0 Å². The molecule has 0 spiro atoms. The van der Waals surface area contributed by atoms with Gasteiger partial charge in [-0.15, -0.1) is 0 Å². The van der Waals surface area contributed by atoms with Crippen LogP contribution in [0.1, 0.15) is 19.8 Å². The summed E-state index contributed by atoms with van der Waals surface area (Å²) < 4.78 is 5.54. The van der Waals surface area contributed by atoms with Crippen molar-refractivity contribution in [3.63, 3.8) is 0 Å². The molecular weight excluding hydrogens is 190 g/mol. The standard InChI is InChI=1S/C11H23N3O/c1-10-7-13(5-6-15-10)8-11-3-2-4-14(12)9-11/h10-11H,2-9,12H2,1H3. The van der Waals surface area contributed by atoms with Gasteiger partial charge in [-0.2, -0.15) is 0 Å². The second kappa shape index (κ2) is 5.25. The maximum Gasteiger partial charge on any atom is 0.0674 e. The van der Waals surface area contributed by atoms with E-state index in [1.54, 1.807) is 0 Å². The summed E-state index contributed by atoms with van der Waals surface area (Å²) in [7, 11) is 0. The summed E-state index contributed by atoms with van der Waals surface area (Å²) in [4.78, 5) is 2.53. The molecular formula is C11H23N3O. The number of morpholine rings is 1. The minimum Gasteiger partial charge on any atom is -0.376 e. The minimum absolute atomic E-state index is 0.399. The lowest BCUT2D eigenvalue weighted by Crippen LogP contribution is -2.48. The molecule has 0 amide bonds. The van der Waals surface area contributed by atoms with Gasteiger partial charge in [0.15, 0.2) is 0 Å². The molecule has 2 saturated heterocycles. The van der Waals surface area contributed by atoms with Crippen LogP contribution < -0.4 is 5.84 Å². The summed E-state index contributed by atoms with van der Waals surface area (Å²) in [5.41, 5.74) is 0. The second-order valence-corrected chi connectivity index (χ2v) is 4.94. The molecule has 2 aliphatic heterocycles. The average Bonchev–Trinajstić information content (AvgIpc) is 2.17. The monoisotopic (exact) mass is 213 g/mol. The van der Waals surface area contributed by atoms with E-state index in [1.165, 1.54) is 19.4 Å². The highest BCUT2D eigenvalue weighted by Crippen LogP contribution is 2.16. The van der Waals surface area contributed by atoms with Gasteiger partial charge in [0.2, 0.25) is 0 Å². The maximum atomic E-state index is 5.85. The first-order valence-corrected chi connectivity index (χ1v) is 6.07. The van der Waals surface area contributed by atoms with E-state index in [1.807, 2.05) is 5.01 Å². The highest BCUT2D eigenvalue weighted by Gasteiger charge is 2.23. The van der Waals surface area contributed by atoms with Gasteiger partial charge in [-0.3, -0.25) is 10.7 Å². The third-order valence-corrected chi connectivity index (χ3v) is 3.39. The largest absolute Gasteiger partial charge is 0.376 e. The fraction of sp³-hybridized carbons (Fsp3) is 1.00. The first-order valence-electron chi connectivity index (χ1n) is 6.07. The lowest BCUT2D eigenvalue weighted by molar-refractivity contribution is -0.0268. The molecule has 0 aromatic heterocycles. The fourth-order valence-electron chi connectivity index (χ4n) is 2.67. The zero-order chi connectivity index (χ0) is 10.7. The number of hydrogen-bond acceptors (Lipinski definition) is 4. The molecule has 0 radical (unpaired) electrons. The molecule has 2 unspecified atom stereocenters. The molecule has 0 aromatic rings. The highest BCUT2D eigenvalue weighted by molar-refractivity contribution is 4.76. The number of hydrogen-bond donors (Lipinski definition) is 1. The van der Waals surface area contributed by atoms with Crippen LogP contribution in [0.3, 0.4) is 0 Å². The fourth-order valence-corrected chi connectivity index (χ4v) is 2.67. The Morgan fingerprint density at radius 3 is 2.93 bits per heavy atom. The Balaban J connectivity index is 1.75. The molecule has 4 heteroatoms. The number of hydrazine groups is 1. The van der Waals surface area contributed by atoms with Crippen LogP contribution in [0.4, 0.5) is 0 Å². The van der Waals surface area contributed by atoms with Crippen molar-refractivity contribution in [2.45, 2.75) is 25.9 Å². The van der Waals surface area contributed by atoms with Gasteiger partial charge in [-0.1, -0.05) is 0 Å². The summed E-state index contributed by atoms with van der Waals surface area (Å²) in [5, 5.41) is 1.97. The predicted molar refractivity (Wildman–Crippen MR) is 60.3 cm³/mol. The summed E-state index contributed by atoms with van der Waals surface area (Å²) in [6.07, 6.45) is 2.98. The summed E-state index contributed by atoms with van der Waals surface area (Å²) in [6.45, 7) is 8.54. The Morgan fingerprint density at radius 2 is 2.20 bits per heavy atom. The molecule has 0 bridgehead atoms. The third-order valence-electron chi connectivity index (χ3n) is 3.39. The molecule has 2 N–H and O–H groups in total. The predicted octanol–water partition coefficient (Wildman–Crippen LogP) is 0.293. The summed E-state index contributed by atoms with van der Waals surface area (Å²) in [6, 6.07) is 0. The van der Waals surface area contributed by atoms with Gasteiger partial charge in [-0.05, 0) is 25.7 Å². The van der Waals surface area contributed by atoms with Crippen molar-refractivity contribution in [2.75, 3.05) is 39.3 Å². The van der Waals surface area contributed by atoms with E-state index in [0.29, 0.717) is 6.10 Å². The van der Waals surface area contributed by atoms with Crippen LogP contribution >= 0.6 is 0 Å². The number of nitrogens with two attached hydrogens (primary N) is 1. The summed E-state index contributed by atoms with van der Waals surface area (Å²) in [5.74, 6) is 6.61. The number of rotatable bonds is 2. The van der Waals surface area contributed by atoms with Gasteiger partial charge in [0, 0.05) is 32.7 Å². The van der Waals surface area contributed by atoms with Gasteiger partial charge in [-0.25, -0.2) is 5.01 Å². The van der Waals surface area contributed by atoms with Crippen LogP contribution in [-0.4, -0.2) is 55.3 Å². The van der Waals surface area contributed by atoms with E-state index in [9.17, 15) is 0 Å². The molecule has 2 rings (SSSR count). The third kappa shape index (κ3) is 3.41. The van der Waals surface area contributed by atoms with E-state index in [0.717, 1.165) is 38.7 Å². The smallest absolute Gasteiger partial charge is 0.0674 e. The van der Waals surface area contributed by atoms with Crippen molar-refractivity contribution in [3.8, 4) is 0 Å². The number of nitrogens with zero attached hydrogens (tertiary/aromatic N) is 2. The topological polar surface area (TPSA) is 41.7 Å². The molecule has 0 aromatic carbocycles. The number of ether oxygens (including phenoxy) is 1. The van der Waals surface area contributed by atoms with Gasteiger partial charge >= 0.3 is 0 Å². The first kappa shape index (κ1) is 11.3. The molecule has 88 valence electrons. The van der Waals surface area contributed by atoms with Gasteiger partial charge in [0.25, 0.3) is 0 Å². The Bertz CT molecular complexity index is 180. The molecule has 2 fully saturated rings. The second-order valence-electron chi connectivity index (χ2n) is 4.94. The van der Waals surface area contributed by atoms with Crippen molar-refractivity contribution >= 4 is 0 Å². The quantitative estimate of drug-likeness (QED) is 0.670. The Hall–Kier alpha value is -0.160. The maximum absolute atomic E-state index is 5.85. The molecule has 2 aliphatic rings. The van der Waals surface area contributed by atoms with Crippen molar-refractivity contribution in [3.05, 3.63) is 0 Å². The van der Waals surface area contributed by atoms with Gasteiger partial charge in [0.05, 0.1) is 12.7 Å². The van der Waals surface area contributed by atoms with Gasteiger partial charge < -0.3 is 4.74 Å². The van der Waals surface area contributed by atoms with E-state index in [4.69, 9.17) is 10.6 Å². The lowest BCUT2D eigenvalue weighted by atomic mass is 9.98. The molecule has 4 nitrogen and oxygen atoms in total. The summed E-state index contributed by atoms with van der Waals surface area (Å²) >= 11 is 0. The SMILES string of the molecule is CC1CN(CC2CCCN(N)C2)CCO1. The highest BCUT2D eigenvalue weighted by atomic mass is 16.5. The van der Waals surface area contributed by atoms with E-state index in [2.05, 4.69) is 11.8 Å². The van der Waals surface area contributed by atoms with Crippen LogP contribution in [0, 0.1) is 5.92 Å². The zero-order valence-corrected chi connectivity index (χ0v) is 9.69. The van der Waals surface area contributed by atoms with Crippen molar-refractivity contribution in [1.82, 2.24) is 9.91 Å². The molecule has 0 saturated carbocycles. The molecule has 0 aliphatic carbocycles. The van der Waals surface area contributed by atoms with Crippen LogP contribution in [0.2, 0.25) is 0 Å². The Labute approximate surface area is 92.3 Å². The van der Waals surface area contributed by atoms with E-state index in [-0.39, 0.29) is 0 Å². The Kier molecular flexibility index (Phi) is 3.97. The Morgan fingerprint density at radius 1 is 1.33 bits per heavy atom. The van der Waals surface area contributed by atoms with Crippen LogP contribution in [-0.2, 0) is 4.74 Å². The van der Waals surface area contributed by atoms with Crippen molar-refractivity contribution < 1.29 is 4.74 Å². The average molecular weight is 213 g/mol. The van der Waals surface area contributed by atoms with Crippen LogP contribution in [0.5, 0.6) is 0 Å². The normalized spacial score (nSPS) is 35.6. The van der Waals surface area contributed by atoms with Crippen molar-refractivity contribution in [1.29, 1.82) is 0 Å². The minimum atomic E-state index is 0.399. The van der Waals surface area contributed by atoms with Crippen molar-refractivity contribution in [2.24, 2.45) is 11.8 Å². The molecule has 2 atom stereocenters. The first-order chi connectivity index (χ1) is 7.24. The van der Waals surface area contributed by atoms with E-state index < -0.39 is 0 Å². The lowest BCUT2D eigenvalue weighted by Gasteiger charge is -2.36. The van der Waals surface area contributed by atoms with E-state index >= 15 is 0 Å². The number of piperidine rings is 1. The molecule has 2 heterocycles. The van der Waals surface area contributed by atoms with Gasteiger partial charge in [0.1, 0.15) is 0 Å². The molecule has 15 heavy (non-hydrogen) atoms. The zero-order valence-electron chi connectivity index (χ0n) is 9.69.